The summed E-state index contributed by atoms with van der Waals surface area (Å²) in [7, 11) is -2.60. The summed E-state index contributed by atoms with van der Waals surface area (Å²) in [5.74, 6) is 0.611. The monoisotopic (exact) mass is 551 g/mol. The molecule has 0 amide bonds. The van der Waals surface area contributed by atoms with E-state index in [9.17, 15) is 8.42 Å². The van der Waals surface area contributed by atoms with Gasteiger partial charge < -0.3 is 9.47 Å². The van der Waals surface area contributed by atoms with Crippen molar-refractivity contribution in [3.63, 3.8) is 0 Å². The van der Waals surface area contributed by atoms with Crippen LogP contribution in [0, 0.1) is 20.8 Å². The maximum absolute atomic E-state index is 13.5. The molecule has 4 aromatic rings. The highest BCUT2D eigenvalue weighted by Crippen LogP contribution is 2.39. The van der Waals surface area contributed by atoms with Gasteiger partial charge in [0.05, 0.1) is 12.0 Å². The topological polar surface area (TPSA) is 116 Å². The van der Waals surface area contributed by atoms with Crippen molar-refractivity contribution in [2.24, 2.45) is 0 Å². The Bertz CT molecular complexity index is 1600. The van der Waals surface area contributed by atoms with Gasteiger partial charge in [0, 0.05) is 12.4 Å². The van der Waals surface area contributed by atoms with Crippen LogP contribution in [-0.4, -0.2) is 35.5 Å². The molecule has 0 fully saturated rings. The zero-order valence-electron chi connectivity index (χ0n) is 21.5. The summed E-state index contributed by atoms with van der Waals surface area (Å²) >= 11 is 6.50. The first-order valence-electron chi connectivity index (χ1n) is 11.5. The molecule has 0 atom stereocenters. The molecule has 11 heteroatoms. The number of hydrogen-bond donors (Lipinski definition) is 1. The van der Waals surface area contributed by atoms with E-state index in [1.54, 1.807) is 36.4 Å². The number of sulfonamides is 1. The molecular formula is C27H26ClN5O4S. The molecule has 4 rings (SSSR count). The minimum atomic E-state index is -4.09. The number of aromatic nitrogens is 4. The molecule has 2 aromatic carbocycles. The Hall–Kier alpha value is -4.02. The average molecular weight is 552 g/mol. The van der Waals surface area contributed by atoms with Gasteiger partial charge >= 0.3 is 0 Å². The molecule has 2 heterocycles. The van der Waals surface area contributed by atoms with Crippen LogP contribution in [0.4, 0.5) is 5.82 Å². The minimum absolute atomic E-state index is 0.0209. The van der Waals surface area contributed by atoms with Crippen LogP contribution in [0.3, 0.4) is 0 Å². The van der Waals surface area contributed by atoms with E-state index in [1.807, 2.05) is 32.9 Å². The molecule has 0 radical (unpaired) electrons. The van der Waals surface area contributed by atoms with Crippen LogP contribution in [0.2, 0.25) is 5.15 Å². The third kappa shape index (κ3) is 5.92. The standard InChI is InChI=1S/C27H26ClN5O4S/c1-16-13-17(2)20(18(3)14-16)15-19(4)38(34,35)33-25-23(37-22-10-7-6-9-21(22)36-5)24(28)31-27(32-25)26-29-11-8-12-30-26/h6-15H,1-5H3,(H,31,32,33)/b19-15+. The molecule has 0 unspecified atom stereocenters. The van der Waals surface area contributed by atoms with Crippen molar-refractivity contribution < 1.29 is 17.9 Å². The Balaban J connectivity index is 1.81. The van der Waals surface area contributed by atoms with E-state index in [0.29, 0.717) is 11.5 Å². The largest absolute Gasteiger partial charge is 0.493 e. The van der Waals surface area contributed by atoms with E-state index in [-0.39, 0.29) is 33.3 Å². The predicted octanol–water partition coefficient (Wildman–Crippen LogP) is 6.12. The molecule has 0 bridgehead atoms. The number of benzene rings is 2. The van der Waals surface area contributed by atoms with Gasteiger partial charge in [-0.15, -0.1) is 0 Å². The zero-order chi connectivity index (χ0) is 27.4. The van der Waals surface area contributed by atoms with E-state index in [1.165, 1.54) is 26.4 Å². The van der Waals surface area contributed by atoms with Crippen molar-refractivity contribution >= 4 is 33.5 Å². The van der Waals surface area contributed by atoms with Crippen molar-refractivity contribution in [1.82, 2.24) is 19.9 Å². The van der Waals surface area contributed by atoms with Gasteiger partial charge in [0.2, 0.25) is 11.6 Å². The Morgan fingerprint density at radius 2 is 1.58 bits per heavy atom. The molecule has 0 aliphatic rings. The molecule has 0 aliphatic heterocycles. The molecule has 9 nitrogen and oxygen atoms in total. The second kappa shape index (κ2) is 11.2. The third-order valence-electron chi connectivity index (χ3n) is 5.61. The summed E-state index contributed by atoms with van der Waals surface area (Å²) in [6.07, 6.45) is 4.65. The molecule has 0 aliphatic carbocycles. The van der Waals surface area contributed by atoms with Gasteiger partial charge in [-0.25, -0.2) is 28.4 Å². The Kier molecular flexibility index (Phi) is 7.94. The molecule has 1 N–H and O–H groups in total. The summed E-state index contributed by atoms with van der Waals surface area (Å²) in [6.45, 7) is 7.38. The number of para-hydroxylation sites is 2. The first kappa shape index (κ1) is 27.0. The minimum Gasteiger partial charge on any atom is -0.493 e. The number of rotatable bonds is 8. The van der Waals surface area contributed by atoms with Gasteiger partial charge in [-0.3, -0.25) is 4.72 Å². The summed E-state index contributed by atoms with van der Waals surface area (Å²) in [4.78, 5) is 17.0. The Morgan fingerprint density at radius 1 is 0.947 bits per heavy atom. The fraction of sp³-hybridized carbons (Fsp3) is 0.185. The number of halogens is 1. The predicted molar refractivity (Wildman–Crippen MR) is 148 cm³/mol. The van der Waals surface area contributed by atoms with Crippen molar-refractivity contribution in [2.75, 3.05) is 11.8 Å². The molecule has 0 spiro atoms. The summed E-state index contributed by atoms with van der Waals surface area (Å²) in [6, 6.07) is 12.5. The van der Waals surface area contributed by atoms with Crippen LogP contribution in [0.25, 0.3) is 17.7 Å². The smallest absolute Gasteiger partial charge is 0.259 e. The number of aryl methyl sites for hydroxylation is 3. The van der Waals surface area contributed by atoms with E-state index in [4.69, 9.17) is 21.1 Å². The molecule has 0 saturated carbocycles. The van der Waals surface area contributed by atoms with E-state index < -0.39 is 10.0 Å². The highest BCUT2D eigenvalue weighted by Gasteiger charge is 2.24. The molecular weight excluding hydrogens is 526 g/mol. The number of nitrogens with zero attached hydrogens (tertiary/aromatic N) is 4. The average Bonchev–Trinajstić information content (AvgIpc) is 2.88. The lowest BCUT2D eigenvalue weighted by atomic mass is 9.99. The third-order valence-corrected chi connectivity index (χ3v) is 7.30. The SMILES string of the molecule is COc1ccccc1Oc1c(Cl)nc(-c2ncccn2)nc1NS(=O)(=O)/C(C)=C/c1c(C)cc(C)cc1C. The second-order valence-electron chi connectivity index (χ2n) is 8.51. The molecule has 0 saturated heterocycles. The second-order valence-corrected chi connectivity index (χ2v) is 10.7. The number of hydrogen-bond acceptors (Lipinski definition) is 8. The Morgan fingerprint density at radius 3 is 2.21 bits per heavy atom. The van der Waals surface area contributed by atoms with Gasteiger partial charge in [0.25, 0.3) is 10.0 Å². The zero-order valence-corrected chi connectivity index (χ0v) is 23.1. The fourth-order valence-corrected chi connectivity index (χ4v) is 4.85. The molecule has 2 aromatic heterocycles. The maximum atomic E-state index is 13.5. The first-order chi connectivity index (χ1) is 18.1. The number of ether oxygens (including phenoxy) is 2. The number of nitrogens with one attached hydrogen (secondary N) is 1. The van der Waals surface area contributed by atoms with Gasteiger partial charge in [0.15, 0.2) is 28.3 Å². The van der Waals surface area contributed by atoms with Crippen LogP contribution >= 0.6 is 11.6 Å². The highest BCUT2D eigenvalue weighted by molar-refractivity contribution is 7.96. The van der Waals surface area contributed by atoms with E-state index >= 15 is 0 Å². The van der Waals surface area contributed by atoms with Crippen LogP contribution in [0.15, 0.2) is 59.8 Å². The highest BCUT2D eigenvalue weighted by atomic mass is 35.5. The first-order valence-corrected chi connectivity index (χ1v) is 13.4. The van der Waals surface area contributed by atoms with Crippen LogP contribution in [-0.2, 0) is 10.0 Å². The Labute approximate surface area is 226 Å². The quantitative estimate of drug-likeness (QED) is 0.260. The lowest BCUT2D eigenvalue weighted by molar-refractivity contribution is 0.378. The van der Waals surface area contributed by atoms with Crippen LogP contribution in [0.5, 0.6) is 17.2 Å². The van der Waals surface area contributed by atoms with Crippen molar-refractivity contribution in [3.05, 3.63) is 87.2 Å². The van der Waals surface area contributed by atoms with Crippen LogP contribution in [0.1, 0.15) is 29.2 Å². The van der Waals surface area contributed by atoms with E-state index in [0.717, 1.165) is 22.3 Å². The van der Waals surface area contributed by atoms with E-state index in [2.05, 4.69) is 24.7 Å². The summed E-state index contributed by atoms with van der Waals surface area (Å²) < 4.78 is 40.8. The molecule has 38 heavy (non-hydrogen) atoms. The van der Waals surface area contributed by atoms with Gasteiger partial charge in [0.1, 0.15) is 0 Å². The van der Waals surface area contributed by atoms with Crippen LogP contribution < -0.4 is 14.2 Å². The molecule has 196 valence electrons. The number of allylic oxidation sites excluding steroid dienone is 1. The van der Waals surface area contributed by atoms with Crippen molar-refractivity contribution in [3.8, 4) is 28.9 Å². The van der Waals surface area contributed by atoms with Gasteiger partial charge in [-0.1, -0.05) is 41.4 Å². The van der Waals surface area contributed by atoms with Crippen molar-refractivity contribution in [1.29, 1.82) is 0 Å². The summed E-state index contributed by atoms with van der Waals surface area (Å²) in [5.41, 5.74) is 3.85. The van der Waals surface area contributed by atoms with Gasteiger partial charge in [-0.05, 0) is 68.7 Å². The number of anilines is 1. The van der Waals surface area contributed by atoms with Crippen molar-refractivity contribution in [2.45, 2.75) is 27.7 Å². The van der Waals surface area contributed by atoms with Gasteiger partial charge in [-0.2, -0.15) is 0 Å². The summed E-state index contributed by atoms with van der Waals surface area (Å²) in [5, 5.41) is -0.141. The lowest BCUT2D eigenvalue weighted by Crippen LogP contribution is -2.16. The lowest BCUT2D eigenvalue weighted by Gasteiger charge is -2.16. The fourth-order valence-electron chi connectivity index (χ4n) is 3.82. The number of methoxy groups -OCH3 is 1. The maximum Gasteiger partial charge on any atom is 0.259 e. The normalized spacial score (nSPS) is 11.8.